The number of aliphatic hydroxyl groups is 1. The van der Waals surface area contributed by atoms with E-state index >= 15 is 0 Å². The van der Waals surface area contributed by atoms with Crippen LogP contribution in [0.4, 0.5) is 5.82 Å². The Labute approximate surface area is 99.3 Å². The van der Waals surface area contributed by atoms with Crippen molar-refractivity contribution in [1.29, 1.82) is 0 Å². The van der Waals surface area contributed by atoms with Crippen molar-refractivity contribution in [2.75, 3.05) is 11.9 Å². The topological polar surface area (TPSA) is 36.4 Å². The van der Waals surface area contributed by atoms with E-state index < -0.39 is 0 Å². The van der Waals surface area contributed by atoms with Crippen LogP contribution in [-0.4, -0.2) is 23.2 Å². The lowest BCUT2D eigenvalue weighted by atomic mass is 10.2. The molecule has 3 nitrogen and oxygen atoms in total. The molecule has 0 radical (unpaired) electrons. The molecular weight excluding hydrogens is 256 g/mol. The van der Waals surface area contributed by atoms with Gasteiger partial charge in [-0.3, -0.25) is 0 Å². The second-order valence-corrected chi connectivity index (χ2v) is 4.58. The normalized spacial score (nSPS) is 12.6. The zero-order valence-corrected chi connectivity index (χ0v) is 11.0. The number of anilines is 1. The smallest absolute Gasteiger partial charge is 0.134 e. The van der Waals surface area contributed by atoms with E-state index in [0.29, 0.717) is 6.04 Å². The fourth-order valence-electron chi connectivity index (χ4n) is 1.39. The number of hydrogen-bond acceptors (Lipinski definition) is 3. The van der Waals surface area contributed by atoms with Crippen LogP contribution in [-0.2, 0) is 6.61 Å². The molecule has 1 unspecified atom stereocenters. The van der Waals surface area contributed by atoms with Gasteiger partial charge in [0.15, 0.2) is 0 Å². The lowest BCUT2D eigenvalue weighted by Crippen LogP contribution is -2.29. The Morgan fingerprint density at radius 3 is 2.80 bits per heavy atom. The van der Waals surface area contributed by atoms with Crippen LogP contribution in [0.3, 0.4) is 0 Å². The first-order valence-corrected chi connectivity index (χ1v) is 5.87. The predicted molar refractivity (Wildman–Crippen MR) is 66.0 cm³/mol. The molecule has 0 bridgehead atoms. The Hall–Kier alpha value is -0.610. The fraction of sp³-hybridized carbons (Fsp3) is 0.545. The highest BCUT2D eigenvalue weighted by Crippen LogP contribution is 2.22. The first-order chi connectivity index (χ1) is 7.10. The van der Waals surface area contributed by atoms with Gasteiger partial charge in [-0.2, -0.15) is 0 Å². The van der Waals surface area contributed by atoms with Gasteiger partial charge in [0.1, 0.15) is 5.82 Å². The van der Waals surface area contributed by atoms with Crippen LogP contribution in [0.1, 0.15) is 25.8 Å². The van der Waals surface area contributed by atoms with Crippen molar-refractivity contribution in [2.45, 2.75) is 32.9 Å². The molecule has 0 aliphatic rings. The largest absolute Gasteiger partial charge is 0.392 e. The van der Waals surface area contributed by atoms with Crippen molar-refractivity contribution >= 4 is 21.7 Å². The average molecular weight is 273 g/mol. The standard InChI is InChI=1S/C11H17BrN2O/c1-4-8(2)14(3)11-9(7-15)5-10(12)6-13-11/h5-6,8,15H,4,7H2,1-3H3. The quantitative estimate of drug-likeness (QED) is 0.916. The number of rotatable bonds is 4. The molecule has 0 spiro atoms. The molecule has 0 aliphatic heterocycles. The Kier molecular flexibility index (Phi) is 4.54. The number of pyridine rings is 1. The van der Waals surface area contributed by atoms with Gasteiger partial charge in [-0.15, -0.1) is 0 Å². The van der Waals surface area contributed by atoms with Gasteiger partial charge in [-0.1, -0.05) is 6.92 Å². The highest BCUT2D eigenvalue weighted by molar-refractivity contribution is 9.10. The Bertz CT molecular complexity index is 330. The van der Waals surface area contributed by atoms with Crippen LogP contribution in [0.15, 0.2) is 16.7 Å². The van der Waals surface area contributed by atoms with E-state index in [0.717, 1.165) is 22.3 Å². The maximum Gasteiger partial charge on any atom is 0.134 e. The predicted octanol–water partition coefficient (Wildman–Crippen LogP) is 2.57. The van der Waals surface area contributed by atoms with Crippen molar-refractivity contribution in [3.63, 3.8) is 0 Å². The Balaban J connectivity index is 3.02. The van der Waals surface area contributed by atoms with Crippen LogP contribution in [0.2, 0.25) is 0 Å². The molecule has 1 aromatic rings. The third-order valence-corrected chi connectivity index (χ3v) is 3.10. The maximum atomic E-state index is 9.26. The minimum Gasteiger partial charge on any atom is -0.392 e. The van der Waals surface area contributed by atoms with Crippen LogP contribution in [0.5, 0.6) is 0 Å². The van der Waals surface area contributed by atoms with Gasteiger partial charge in [0.2, 0.25) is 0 Å². The lowest BCUT2D eigenvalue weighted by molar-refractivity contribution is 0.281. The molecule has 15 heavy (non-hydrogen) atoms. The van der Waals surface area contributed by atoms with Crippen LogP contribution < -0.4 is 4.90 Å². The zero-order chi connectivity index (χ0) is 11.4. The highest BCUT2D eigenvalue weighted by atomic mass is 79.9. The summed E-state index contributed by atoms with van der Waals surface area (Å²) in [4.78, 5) is 6.43. The lowest BCUT2D eigenvalue weighted by Gasteiger charge is -2.26. The van der Waals surface area contributed by atoms with Crippen molar-refractivity contribution in [3.8, 4) is 0 Å². The average Bonchev–Trinajstić information content (AvgIpc) is 2.26. The van der Waals surface area contributed by atoms with Crippen LogP contribution in [0, 0.1) is 0 Å². The monoisotopic (exact) mass is 272 g/mol. The second-order valence-electron chi connectivity index (χ2n) is 3.66. The summed E-state index contributed by atoms with van der Waals surface area (Å²) in [6, 6.07) is 2.32. The van der Waals surface area contributed by atoms with Gasteiger partial charge in [0, 0.05) is 29.3 Å². The van der Waals surface area contributed by atoms with Gasteiger partial charge in [-0.25, -0.2) is 4.98 Å². The molecule has 4 heteroatoms. The minimum atomic E-state index is 0.0164. The van der Waals surface area contributed by atoms with E-state index in [-0.39, 0.29) is 6.61 Å². The Morgan fingerprint density at radius 2 is 2.27 bits per heavy atom. The molecule has 84 valence electrons. The van der Waals surface area contributed by atoms with Gasteiger partial charge in [0.25, 0.3) is 0 Å². The fourth-order valence-corrected chi connectivity index (χ4v) is 1.77. The molecule has 0 aromatic carbocycles. The van der Waals surface area contributed by atoms with E-state index in [2.05, 4.69) is 39.7 Å². The summed E-state index contributed by atoms with van der Waals surface area (Å²) in [5.41, 5.74) is 0.854. The number of halogens is 1. The number of hydrogen-bond donors (Lipinski definition) is 1. The summed E-state index contributed by atoms with van der Waals surface area (Å²) in [5.74, 6) is 0.857. The first kappa shape index (κ1) is 12.5. The number of aromatic nitrogens is 1. The maximum absolute atomic E-state index is 9.26. The summed E-state index contributed by atoms with van der Waals surface area (Å²) in [7, 11) is 2.00. The van der Waals surface area contributed by atoms with Crippen LogP contribution >= 0.6 is 15.9 Å². The van der Waals surface area contributed by atoms with E-state index in [9.17, 15) is 5.11 Å². The van der Waals surface area contributed by atoms with E-state index in [1.54, 1.807) is 6.20 Å². The molecule has 1 rings (SSSR count). The van der Waals surface area contributed by atoms with E-state index in [1.807, 2.05) is 13.1 Å². The Morgan fingerprint density at radius 1 is 1.60 bits per heavy atom. The summed E-state index contributed by atoms with van der Waals surface area (Å²) in [5, 5.41) is 9.26. The summed E-state index contributed by atoms with van der Waals surface area (Å²) < 4.78 is 0.896. The van der Waals surface area contributed by atoms with Gasteiger partial charge < -0.3 is 10.0 Å². The first-order valence-electron chi connectivity index (χ1n) is 5.08. The van der Waals surface area contributed by atoms with Crippen molar-refractivity contribution in [3.05, 3.63) is 22.3 Å². The molecule has 0 fully saturated rings. The van der Waals surface area contributed by atoms with Gasteiger partial charge in [0.05, 0.1) is 6.61 Å². The summed E-state index contributed by atoms with van der Waals surface area (Å²) in [6.45, 7) is 4.30. The number of nitrogens with zero attached hydrogens (tertiary/aromatic N) is 2. The molecule has 0 aliphatic carbocycles. The molecule has 1 aromatic heterocycles. The van der Waals surface area contributed by atoms with E-state index in [1.165, 1.54) is 0 Å². The van der Waals surface area contributed by atoms with Crippen molar-refractivity contribution in [1.82, 2.24) is 4.98 Å². The molecule has 0 saturated carbocycles. The molecule has 1 N–H and O–H groups in total. The zero-order valence-electron chi connectivity index (χ0n) is 9.37. The van der Waals surface area contributed by atoms with E-state index in [4.69, 9.17) is 0 Å². The summed E-state index contributed by atoms with van der Waals surface area (Å²) in [6.07, 6.45) is 2.81. The minimum absolute atomic E-state index is 0.0164. The summed E-state index contributed by atoms with van der Waals surface area (Å²) >= 11 is 3.35. The van der Waals surface area contributed by atoms with Gasteiger partial charge >= 0.3 is 0 Å². The van der Waals surface area contributed by atoms with Crippen molar-refractivity contribution < 1.29 is 5.11 Å². The molecule has 0 amide bonds. The number of aliphatic hydroxyl groups excluding tert-OH is 1. The SMILES string of the molecule is CCC(C)N(C)c1ncc(Br)cc1CO. The van der Waals surface area contributed by atoms with Crippen LogP contribution in [0.25, 0.3) is 0 Å². The molecule has 1 atom stereocenters. The highest BCUT2D eigenvalue weighted by Gasteiger charge is 2.13. The molecule has 1 heterocycles. The van der Waals surface area contributed by atoms with Gasteiger partial charge in [-0.05, 0) is 35.3 Å². The third-order valence-electron chi connectivity index (χ3n) is 2.67. The molecule has 0 saturated heterocycles. The molecular formula is C11H17BrN2O. The van der Waals surface area contributed by atoms with Crippen molar-refractivity contribution in [2.24, 2.45) is 0 Å². The third kappa shape index (κ3) is 2.92. The second kappa shape index (κ2) is 5.47.